The van der Waals surface area contributed by atoms with Gasteiger partial charge in [0, 0.05) is 17.0 Å². The number of nitrogens with zero attached hydrogens (tertiary/aromatic N) is 1. The number of thiophene rings is 1. The molecule has 0 aliphatic carbocycles. The van der Waals surface area contributed by atoms with Crippen molar-refractivity contribution >= 4 is 17.0 Å². The zero-order chi connectivity index (χ0) is 7.40. The largest absolute Gasteiger partial charge is 0.398 e. The highest BCUT2D eigenvalue weighted by Crippen LogP contribution is 2.11. The highest BCUT2D eigenvalue weighted by Gasteiger charge is 1.93. The summed E-state index contributed by atoms with van der Waals surface area (Å²) in [6.07, 6.45) is 1.34. The van der Waals surface area contributed by atoms with Crippen LogP contribution in [0, 0.1) is 11.3 Å². The van der Waals surface area contributed by atoms with Gasteiger partial charge in [0.25, 0.3) is 0 Å². The fourth-order valence-corrected chi connectivity index (χ4v) is 1.25. The maximum Gasteiger partial charge on any atom is 0.0933 e. The summed E-state index contributed by atoms with van der Waals surface area (Å²) in [5.41, 5.74) is 6.95. The molecule has 0 saturated heterocycles. The molecule has 0 radical (unpaired) electrons. The average Bonchev–Trinajstić information content (AvgIpc) is 2.38. The van der Waals surface area contributed by atoms with Crippen LogP contribution in [0.2, 0.25) is 0 Å². The molecule has 0 atom stereocenters. The van der Waals surface area contributed by atoms with Crippen molar-refractivity contribution in [2.75, 3.05) is 0 Å². The molecule has 1 aromatic rings. The Hall–Kier alpha value is -1.27. The summed E-state index contributed by atoms with van der Waals surface area (Å²) >= 11 is 1.56. The quantitative estimate of drug-likeness (QED) is 0.618. The van der Waals surface area contributed by atoms with Gasteiger partial charge in [-0.2, -0.15) is 16.6 Å². The molecule has 0 aromatic carbocycles. The molecule has 0 amide bonds. The molecule has 0 bridgehead atoms. The highest BCUT2D eigenvalue weighted by atomic mass is 32.1. The van der Waals surface area contributed by atoms with Crippen LogP contribution in [0.25, 0.3) is 5.70 Å². The summed E-state index contributed by atoms with van der Waals surface area (Å²) in [5.74, 6) is 0. The molecule has 2 N–H and O–H groups in total. The third-order valence-corrected chi connectivity index (χ3v) is 1.76. The number of hydrogen-bond donors (Lipinski definition) is 1. The van der Waals surface area contributed by atoms with Crippen molar-refractivity contribution in [3.63, 3.8) is 0 Å². The Bertz CT molecular complexity index is 266. The summed E-state index contributed by atoms with van der Waals surface area (Å²) in [7, 11) is 0. The van der Waals surface area contributed by atoms with Gasteiger partial charge < -0.3 is 5.73 Å². The zero-order valence-corrected chi connectivity index (χ0v) is 6.06. The maximum atomic E-state index is 8.23. The molecule has 2 nitrogen and oxygen atoms in total. The Morgan fingerprint density at radius 3 is 3.10 bits per heavy atom. The van der Waals surface area contributed by atoms with Crippen molar-refractivity contribution in [2.24, 2.45) is 5.73 Å². The minimum atomic E-state index is 0.531. The van der Waals surface area contributed by atoms with E-state index in [2.05, 4.69) is 0 Å². The lowest BCUT2D eigenvalue weighted by molar-refractivity contribution is 1.51. The van der Waals surface area contributed by atoms with Crippen molar-refractivity contribution in [2.45, 2.75) is 0 Å². The van der Waals surface area contributed by atoms with E-state index in [-0.39, 0.29) is 0 Å². The van der Waals surface area contributed by atoms with Crippen LogP contribution >= 0.6 is 11.3 Å². The summed E-state index contributed by atoms with van der Waals surface area (Å²) in [6, 6.07) is 3.76. The number of nitrogens with two attached hydrogens (primary N) is 1. The molecule has 1 rings (SSSR count). The van der Waals surface area contributed by atoms with E-state index in [0.29, 0.717) is 5.70 Å². The third kappa shape index (κ3) is 1.36. The van der Waals surface area contributed by atoms with Crippen molar-refractivity contribution in [1.82, 2.24) is 0 Å². The Morgan fingerprint density at radius 2 is 2.60 bits per heavy atom. The second-order valence-electron chi connectivity index (χ2n) is 1.74. The predicted molar refractivity (Wildman–Crippen MR) is 42.1 cm³/mol. The molecular weight excluding hydrogens is 144 g/mol. The van der Waals surface area contributed by atoms with Gasteiger partial charge in [0.1, 0.15) is 0 Å². The van der Waals surface area contributed by atoms with Crippen molar-refractivity contribution in [3.05, 3.63) is 28.5 Å². The minimum Gasteiger partial charge on any atom is -0.398 e. The summed E-state index contributed by atoms with van der Waals surface area (Å²) < 4.78 is 0. The van der Waals surface area contributed by atoms with Crippen molar-refractivity contribution < 1.29 is 0 Å². The Kier molecular flexibility index (Phi) is 2.08. The van der Waals surface area contributed by atoms with Gasteiger partial charge in [0.15, 0.2) is 0 Å². The van der Waals surface area contributed by atoms with Crippen LogP contribution in [-0.2, 0) is 0 Å². The number of allylic oxidation sites excluding steroid dienone is 1. The smallest absolute Gasteiger partial charge is 0.0933 e. The SMILES string of the molecule is N#C/C=C(\N)c1ccsc1. The molecule has 0 saturated carbocycles. The molecule has 0 aliphatic rings. The van der Waals surface area contributed by atoms with E-state index in [4.69, 9.17) is 11.0 Å². The molecular formula is C7H6N2S. The molecule has 1 aromatic heterocycles. The topological polar surface area (TPSA) is 49.8 Å². The van der Waals surface area contributed by atoms with Gasteiger partial charge in [-0.25, -0.2) is 0 Å². The molecule has 0 aliphatic heterocycles. The first-order valence-corrected chi connectivity index (χ1v) is 3.66. The van der Waals surface area contributed by atoms with E-state index in [1.165, 1.54) is 6.08 Å². The molecule has 0 spiro atoms. The van der Waals surface area contributed by atoms with Crippen LogP contribution in [0.5, 0.6) is 0 Å². The normalized spacial score (nSPS) is 10.9. The van der Waals surface area contributed by atoms with Gasteiger partial charge in [-0.1, -0.05) is 0 Å². The van der Waals surface area contributed by atoms with E-state index < -0.39 is 0 Å². The van der Waals surface area contributed by atoms with Crippen LogP contribution in [-0.4, -0.2) is 0 Å². The van der Waals surface area contributed by atoms with E-state index in [0.717, 1.165) is 5.56 Å². The minimum absolute atomic E-state index is 0.531. The van der Waals surface area contributed by atoms with Gasteiger partial charge in [-0.05, 0) is 11.4 Å². The Labute approximate surface area is 63.2 Å². The molecule has 3 heteroatoms. The Morgan fingerprint density at radius 1 is 1.80 bits per heavy atom. The lowest BCUT2D eigenvalue weighted by Crippen LogP contribution is -1.92. The van der Waals surface area contributed by atoms with Crippen LogP contribution < -0.4 is 5.73 Å². The Balaban J connectivity index is 2.90. The van der Waals surface area contributed by atoms with Crippen molar-refractivity contribution in [1.29, 1.82) is 5.26 Å². The van der Waals surface area contributed by atoms with Crippen LogP contribution in [0.4, 0.5) is 0 Å². The summed E-state index contributed by atoms with van der Waals surface area (Å²) in [5, 5.41) is 12.1. The van der Waals surface area contributed by atoms with E-state index in [1.54, 1.807) is 11.3 Å². The van der Waals surface area contributed by atoms with Gasteiger partial charge in [0.2, 0.25) is 0 Å². The van der Waals surface area contributed by atoms with Gasteiger partial charge in [0.05, 0.1) is 11.8 Å². The third-order valence-electron chi connectivity index (χ3n) is 1.07. The number of rotatable bonds is 1. The first-order chi connectivity index (χ1) is 4.84. The van der Waals surface area contributed by atoms with E-state index in [9.17, 15) is 0 Å². The van der Waals surface area contributed by atoms with Crippen LogP contribution in [0.15, 0.2) is 22.9 Å². The lowest BCUT2D eigenvalue weighted by Gasteiger charge is -1.90. The molecule has 0 unspecified atom stereocenters. The summed E-state index contributed by atoms with van der Waals surface area (Å²) in [6.45, 7) is 0. The fourth-order valence-electron chi connectivity index (χ4n) is 0.582. The summed E-state index contributed by atoms with van der Waals surface area (Å²) in [4.78, 5) is 0. The maximum absolute atomic E-state index is 8.23. The standard InChI is InChI=1S/C7H6N2S/c8-3-1-7(9)6-2-4-10-5-6/h1-2,4-5H,9H2/b7-1-. The van der Waals surface area contributed by atoms with Crippen molar-refractivity contribution in [3.8, 4) is 6.07 Å². The van der Waals surface area contributed by atoms with E-state index in [1.807, 2.05) is 22.9 Å². The molecule has 0 fully saturated rings. The average molecular weight is 150 g/mol. The number of hydrogen-bond acceptors (Lipinski definition) is 3. The monoisotopic (exact) mass is 150 g/mol. The fraction of sp³-hybridized carbons (Fsp3) is 0. The first-order valence-electron chi connectivity index (χ1n) is 2.72. The predicted octanol–water partition coefficient (Wildman–Crippen LogP) is 1.57. The molecule has 10 heavy (non-hydrogen) atoms. The second kappa shape index (κ2) is 3.04. The number of nitriles is 1. The van der Waals surface area contributed by atoms with Gasteiger partial charge in [-0.3, -0.25) is 0 Å². The second-order valence-corrected chi connectivity index (χ2v) is 2.52. The zero-order valence-electron chi connectivity index (χ0n) is 5.24. The van der Waals surface area contributed by atoms with Gasteiger partial charge >= 0.3 is 0 Å². The molecule has 50 valence electrons. The van der Waals surface area contributed by atoms with Crippen LogP contribution in [0.3, 0.4) is 0 Å². The molecule has 1 heterocycles. The van der Waals surface area contributed by atoms with E-state index >= 15 is 0 Å². The first kappa shape index (κ1) is 6.84. The lowest BCUT2D eigenvalue weighted by atomic mass is 10.2. The van der Waals surface area contributed by atoms with Gasteiger partial charge in [-0.15, -0.1) is 0 Å². The highest BCUT2D eigenvalue weighted by molar-refractivity contribution is 7.08. The van der Waals surface area contributed by atoms with Crippen LogP contribution in [0.1, 0.15) is 5.56 Å².